The first-order chi connectivity index (χ1) is 17.2. The fraction of sp³-hybridized carbons (Fsp3) is 0.765. The topological polar surface area (TPSA) is 0 Å². The molecule has 1 aromatic carbocycles. The number of hydrogen-bond acceptors (Lipinski definition) is 0. The molecule has 3 fully saturated rings. The molecule has 0 radical (unpaired) electrons. The smallest absolute Gasteiger partial charge is 0.0894 e. The standard InChI is InChI=1S/C34H53F/c1-2-6-27-14-18-31(19-15-27)33-22-24-34(25-23-33)32-20-16-30(17-21-32)13-12-29-10-8-28(9-11-29)7-4-3-5-26-35/h2,6,8-11,27,30-34H,3-5,7,12-26H2,1H3/b6-2+. The van der Waals surface area contributed by atoms with Gasteiger partial charge in [0, 0.05) is 0 Å². The summed E-state index contributed by atoms with van der Waals surface area (Å²) in [4.78, 5) is 0. The molecule has 3 saturated carbocycles. The van der Waals surface area contributed by atoms with Gasteiger partial charge in [-0.05, 0) is 150 Å². The average molecular weight is 481 g/mol. The second kappa shape index (κ2) is 14.6. The van der Waals surface area contributed by atoms with Crippen molar-refractivity contribution in [3.05, 3.63) is 47.5 Å². The molecular weight excluding hydrogens is 427 g/mol. The Labute approximate surface area is 216 Å². The molecule has 0 aliphatic heterocycles. The van der Waals surface area contributed by atoms with Crippen LogP contribution in [0.2, 0.25) is 0 Å². The fourth-order valence-electron chi connectivity index (χ4n) is 7.96. The van der Waals surface area contributed by atoms with Gasteiger partial charge in [-0.3, -0.25) is 4.39 Å². The summed E-state index contributed by atoms with van der Waals surface area (Å²) in [6, 6.07) is 9.32. The Balaban J connectivity index is 1.10. The second-order valence-electron chi connectivity index (χ2n) is 12.5. The zero-order valence-electron chi connectivity index (χ0n) is 22.7. The third kappa shape index (κ3) is 8.46. The van der Waals surface area contributed by atoms with E-state index in [1.165, 1.54) is 101 Å². The molecule has 0 atom stereocenters. The van der Waals surface area contributed by atoms with Crippen LogP contribution in [0.15, 0.2) is 36.4 Å². The zero-order valence-corrected chi connectivity index (χ0v) is 22.7. The van der Waals surface area contributed by atoms with E-state index in [0.717, 1.165) is 61.2 Å². The Morgan fingerprint density at radius 2 is 1.11 bits per heavy atom. The van der Waals surface area contributed by atoms with Crippen LogP contribution in [-0.2, 0) is 12.8 Å². The molecular formula is C34H53F. The number of hydrogen-bond donors (Lipinski definition) is 0. The third-order valence-corrected chi connectivity index (χ3v) is 10.3. The van der Waals surface area contributed by atoms with Gasteiger partial charge in [-0.25, -0.2) is 0 Å². The van der Waals surface area contributed by atoms with Gasteiger partial charge >= 0.3 is 0 Å². The van der Waals surface area contributed by atoms with Gasteiger partial charge in [0.05, 0.1) is 6.67 Å². The lowest BCUT2D eigenvalue weighted by molar-refractivity contribution is 0.107. The maximum Gasteiger partial charge on any atom is 0.0894 e. The van der Waals surface area contributed by atoms with Crippen LogP contribution in [-0.4, -0.2) is 6.67 Å². The minimum atomic E-state index is -0.166. The van der Waals surface area contributed by atoms with Gasteiger partial charge in [0.25, 0.3) is 0 Å². The van der Waals surface area contributed by atoms with E-state index in [2.05, 4.69) is 43.3 Å². The summed E-state index contributed by atoms with van der Waals surface area (Å²) in [6.45, 7) is 2.02. The molecule has 35 heavy (non-hydrogen) atoms. The Kier molecular flexibility index (Phi) is 11.2. The number of allylic oxidation sites excluding steroid dienone is 2. The minimum absolute atomic E-state index is 0.166. The fourth-order valence-corrected chi connectivity index (χ4v) is 7.96. The lowest BCUT2D eigenvalue weighted by Crippen LogP contribution is -2.29. The van der Waals surface area contributed by atoms with Gasteiger partial charge in [0.1, 0.15) is 0 Å². The number of rotatable bonds is 11. The van der Waals surface area contributed by atoms with Crippen molar-refractivity contribution in [1.82, 2.24) is 0 Å². The number of benzene rings is 1. The van der Waals surface area contributed by atoms with Gasteiger partial charge in [-0.2, -0.15) is 0 Å². The molecule has 0 bridgehead atoms. The van der Waals surface area contributed by atoms with Crippen LogP contribution in [0.5, 0.6) is 0 Å². The van der Waals surface area contributed by atoms with E-state index in [-0.39, 0.29) is 6.67 Å². The molecule has 0 spiro atoms. The lowest BCUT2D eigenvalue weighted by Gasteiger charge is -2.41. The van der Waals surface area contributed by atoms with Crippen molar-refractivity contribution < 1.29 is 4.39 Å². The van der Waals surface area contributed by atoms with E-state index < -0.39 is 0 Å². The van der Waals surface area contributed by atoms with Crippen LogP contribution in [0.1, 0.15) is 121 Å². The van der Waals surface area contributed by atoms with Crippen molar-refractivity contribution in [2.45, 2.75) is 122 Å². The molecule has 4 rings (SSSR count). The highest BCUT2D eigenvalue weighted by Crippen LogP contribution is 2.46. The van der Waals surface area contributed by atoms with Crippen LogP contribution in [0, 0.1) is 35.5 Å². The van der Waals surface area contributed by atoms with Crippen molar-refractivity contribution in [2.24, 2.45) is 35.5 Å². The van der Waals surface area contributed by atoms with E-state index in [1.54, 1.807) is 0 Å². The summed E-state index contributed by atoms with van der Waals surface area (Å²) in [5, 5.41) is 0. The molecule has 0 amide bonds. The van der Waals surface area contributed by atoms with Gasteiger partial charge in [0.2, 0.25) is 0 Å². The van der Waals surface area contributed by atoms with E-state index in [1.807, 2.05) is 0 Å². The normalized spacial score (nSPS) is 32.2. The molecule has 0 aromatic heterocycles. The predicted octanol–water partition coefficient (Wildman–Crippen LogP) is 10.3. The lowest BCUT2D eigenvalue weighted by atomic mass is 9.65. The summed E-state index contributed by atoms with van der Waals surface area (Å²) in [5.74, 6) is 6.01. The van der Waals surface area contributed by atoms with Crippen molar-refractivity contribution in [3.8, 4) is 0 Å². The van der Waals surface area contributed by atoms with Crippen LogP contribution < -0.4 is 0 Å². The molecule has 196 valence electrons. The third-order valence-electron chi connectivity index (χ3n) is 10.3. The first kappa shape index (κ1) is 26.9. The van der Waals surface area contributed by atoms with E-state index in [0.29, 0.717) is 0 Å². The second-order valence-corrected chi connectivity index (χ2v) is 12.5. The highest BCUT2D eigenvalue weighted by atomic mass is 19.1. The van der Waals surface area contributed by atoms with Gasteiger partial charge in [0.15, 0.2) is 0 Å². The van der Waals surface area contributed by atoms with Gasteiger partial charge in [-0.1, -0.05) is 55.7 Å². The Morgan fingerprint density at radius 3 is 1.63 bits per heavy atom. The zero-order chi connectivity index (χ0) is 24.3. The predicted molar refractivity (Wildman–Crippen MR) is 149 cm³/mol. The molecule has 0 saturated heterocycles. The van der Waals surface area contributed by atoms with Crippen molar-refractivity contribution >= 4 is 0 Å². The van der Waals surface area contributed by atoms with Crippen LogP contribution in [0.25, 0.3) is 0 Å². The summed E-state index contributed by atoms with van der Waals surface area (Å²) in [5.41, 5.74) is 2.93. The Hall–Kier alpha value is -1.11. The van der Waals surface area contributed by atoms with Crippen LogP contribution >= 0.6 is 0 Å². The van der Waals surface area contributed by atoms with Gasteiger partial charge < -0.3 is 0 Å². The van der Waals surface area contributed by atoms with Crippen molar-refractivity contribution in [2.75, 3.05) is 6.67 Å². The SMILES string of the molecule is C/C=C/C1CCC(C2CCC(C3CCC(CCc4ccc(CCCCCF)cc4)CC3)CC2)CC1. The molecule has 1 heteroatoms. The van der Waals surface area contributed by atoms with Crippen LogP contribution in [0.3, 0.4) is 0 Å². The highest BCUT2D eigenvalue weighted by Gasteiger charge is 2.34. The molecule has 0 unspecified atom stereocenters. The summed E-state index contributed by atoms with van der Waals surface area (Å²) < 4.78 is 12.2. The first-order valence-electron chi connectivity index (χ1n) is 15.5. The monoisotopic (exact) mass is 480 g/mol. The number of alkyl halides is 1. The quantitative estimate of drug-likeness (QED) is 0.218. The molecule has 0 nitrogen and oxygen atoms in total. The van der Waals surface area contributed by atoms with E-state index in [4.69, 9.17) is 0 Å². The minimum Gasteiger partial charge on any atom is -0.251 e. The van der Waals surface area contributed by atoms with Crippen molar-refractivity contribution in [3.63, 3.8) is 0 Å². The van der Waals surface area contributed by atoms with Crippen LogP contribution in [0.4, 0.5) is 4.39 Å². The number of aryl methyl sites for hydroxylation is 2. The van der Waals surface area contributed by atoms with Gasteiger partial charge in [-0.15, -0.1) is 0 Å². The van der Waals surface area contributed by atoms with E-state index in [9.17, 15) is 4.39 Å². The molecule has 3 aliphatic rings. The largest absolute Gasteiger partial charge is 0.251 e. The Bertz CT molecular complexity index is 709. The first-order valence-corrected chi connectivity index (χ1v) is 15.5. The maximum absolute atomic E-state index is 12.2. The summed E-state index contributed by atoms with van der Waals surface area (Å²) in [6.07, 6.45) is 29.3. The average Bonchev–Trinajstić information content (AvgIpc) is 2.92. The number of unbranched alkanes of at least 4 members (excludes halogenated alkanes) is 2. The summed E-state index contributed by atoms with van der Waals surface area (Å²) >= 11 is 0. The van der Waals surface area contributed by atoms with Crippen molar-refractivity contribution in [1.29, 1.82) is 0 Å². The molecule has 0 heterocycles. The summed E-state index contributed by atoms with van der Waals surface area (Å²) in [7, 11) is 0. The molecule has 0 N–H and O–H groups in total. The van der Waals surface area contributed by atoms with E-state index >= 15 is 0 Å². The Morgan fingerprint density at radius 1 is 0.629 bits per heavy atom. The maximum atomic E-state index is 12.2. The highest BCUT2D eigenvalue weighted by molar-refractivity contribution is 5.22. The number of halogens is 1. The molecule has 1 aromatic rings. The molecule has 3 aliphatic carbocycles.